The van der Waals surface area contributed by atoms with Crippen molar-refractivity contribution in [2.24, 2.45) is 0 Å². The Labute approximate surface area is 141 Å². The van der Waals surface area contributed by atoms with E-state index in [0.29, 0.717) is 28.3 Å². The molecule has 25 heavy (non-hydrogen) atoms. The average molecular weight is 336 g/mol. The van der Waals surface area contributed by atoms with E-state index < -0.39 is 0 Å². The minimum atomic E-state index is -0.340. The number of halogens is 1. The molecule has 0 spiro atoms. The summed E-state index contributed by atoms with van der Waals surface area (Å²) >= 11 is 0. The summed E-state index contributed by atoms with van der Waals surface area (Å²) in [5.74, 6) is -0.0236. The van der Waals surface area contributed by atoms with E-state index in [1.807, 2.05) is 24.4 Å². The first-order valence-electron chi connectivity index (χ1n) is 7.58. The number of carbonyl (C=O) groups is 1. The number of pyridine rings is 1. The summed E-state index contributed by atoms with van der Waals surface area (Å²) < 4.78 is 14.9. The summed E-state index contributed by atoms with van der Waals surface area (Å²) in [5.41, 5.74) is 2.29. The van der Waals surface area contributed by atoms with Crippen LogP contribution in [-0.4, -0.2) is 30.7 Å². The lowest BCUT2D eigenvalue weighted by Gasteiger charge is -2.05. The van der Waals surface area contributed by atoms with Crippen molar-refractivity contribution >= 4 is 11.6 Å². The molecule has 0 radical (unpaired) electrons. The molecule has 3 aromatic heterocycles. The van der Waals surface area contributed by atoms with E-state index >= 15 is 0 Å². The van der Waals surface area contributed by atoms with Crippen LogP contribution < -0.4 is 5.32 Å². The number of amides is 1. The molecule has 8 heteroatoms. The molecular formula is C17H13FN6O. The van der Waals surface area contributed by atoms with Crippen LogP contribution in [0.1, 0.15) is 16.2 Å². The van der Waals surface area contributed by atoms with Gasteiger partial charge in [-0.1, -0.05) is 6.07 Å². The third kappa shape index (κ3) is 2.85. The highest BCUT2D eigenvalue weighted by Gasteiger charge is 2.16. The second-order valence-corrected chi connectivity index (χ2v) is 5.39. The summed E-state index contributed by atoms with van der Waals surface area (Å²) in [6.45, 7) is 0.220. The summed E-state index contributed by atoms with van der Waals surface area (Å²) in [6, 6.07) is 11.4. The van der Waals surface area contributed by atoms with Crippen LogP contribution in [0.25, 0.3) is 16.9 Å². The Hall–Kier alpha value is -3.55. The van der Waals surface area contributed by atoms with Gasteiger partial charge in [-0.3, -0.25) is 14.3 Å². The topological polar surface area (TPSA) is 88.0 Å². The lowest BCUT2D eigenvalue weighted by molar-refractivity contribution is 0.0950. The summed E-state index contributed by atoms with van der Waals surface area (Å²) in [5, 5.41) is 17.6. The molecule has 0 unspecified atom stereocenters. The molecule has 0 aliphatic carbocycles. The molecule has 1 amide bonds. The van der Waals surface area contributed by atoms with Crippen LogP contribution in [-0.2, 0) is 6.54 Å². The van der Waals surface area contributed by atoms with Gasteiger partial charge in [-0.15, -0.1) is 10.2 Å². The van der Waals surface area contributed by atoms with Gasteiger partial charge in [0, 0.05) is 11.8 Å². The molecule has 0 saturated heterocycles. The first-order chi connectivity index (χ1) is 12.2. The number of hydrogen-bond acceptors (Lipinski definition) is 4. The molecule has 0 aliphatic heterocycles. The average Bonchev–Trinajstić information content (AvgIpc) is 3.28. The maximum absolute atomic E-state index is 13.1. The third-order valence-corrected chi connectivity index (χ3v) is 3.81. The number of rotatable bonds is 4. The van der Waals surface area contributed by atoms with Crippen molar-refractivity contribution in [3.8, 4) is 11.3 Å². The van der Waals surface area contributed by atoms with Crippen LogP contribution in [0.2, 0.25) is 0 Å². The van der Waals surface area contributed by atoms with Gasteiger partial charge in [0.05, 0.1) is 24.0 Å². The van der Waals surface area contributed by atoms with E-state index in [2.05, 4.69) is 25.7 Å². The lowest BCUT2D eigenvalue weighted by atomic mass is 10.1. The molecular weight excluding hydrogens is 323 g/mol. The van der Waals surface area contributed by atoms with Gasteiger partial charge in [0.2, 0.25) is 0 Å². The number of aromatic amines is 1. The van der Waals surface area contributed by atoms with Crippen molar-refractivity contribution in [3.63, 3.8) is 0 Å². The van der Waals surface area contributed by atoms with Crippen molar-refractivity contribution in [2.45, 2.75) is 6.54 Å². The molecule has 3 heterocycles. The Morgan fingerprint density at radius 3 is 2.84 bits per heavy atom. The fraction of sp³-hybridized carbons (Fsp3) is 0.0588. The largest absolute Gasteiger partial charge is 0.345 e. The van der Waals surface area contributed by atoms with Gasteiger partial charge in [-0.05, 0) is 36.4 Å². The number of aromatic nitrogens is 5. The molecule has 124 valence electrons. The van der Waals surface area contributed by atoms with Crippen LogP contribution in [0.15, 0.2) is 54.9 Å². The fourth-order valence-corrected chi connectivity index (χ4v) is 2.56. The number of nitrogens with one attached hydrogen (secondary N) is 2. The van der Waals surface area contributed by atoms with Gasteiger partial charge in [-0.25, -0.2) is 4.39 Å². The fourth-order valence-electron chi connectivity index (χ4n) is 2.56. The first kappa shape index (κ1) is 15.0. The number of nitrogens with zero attached hydrogens (tertiary/aromatic N) is 4. The predicted octanol–water partition coefficient (Wildman–Crippen LogP) is 2.19. The quantitative estimate of drug-likeness (QED) is 0.598. The zero-order chi connectivity index (χ0) is 17.2. The summed E-state index contributed by atoms with van der Waals surface area (Å²) in [6.07, 6.45) is 3.27. The Kier molecular flexibility index (Phi) is 3.70. The van der Waals surface area contributed by atoms with Gasteiger partial charge >= 0.3 is 0 Å². The van der Waals surface area contributed by atoms with E-state index in [0.717, 1.165) is 0 Å². The van der Waals surface area contributed by atoms with Gasteiger partial charge < -0.3 is 5.32 Å². The molecule has 0 bridgehead atoms. The minimum absolute atomic E-state index is 0.220. The summed E-state index contributed by atoms with van der Waals surface area (Å²) in [7, 11) is 0. The van der Waals surface area contributed by atoms with Crippen molar-refractivity contribution < 1.29 is 9.18 Å². The van der Waals surface area contributed by atoms with E-state index in [4.69, 9.17) is 0 Å². The molecule has 1 aromatic carbocycles. The molecule has 0 fully saturated rings. The molecule has 4 rings (SSSR count). The van der Waals surface area contributed by atoms with Gasteiger partial charge in [-0.2, -0.15) is 5.10 Å². The van der Waals surface area contributed by atoms with E-state index in [1.165, 1.54) is 18.3 Å². The van der Waals surface area contributed by atoms with E-state index in [-0.39, 0.29) is 18.3 Å². The van der Waals surface area contributed by atoms with Crippen molar-refractivity contribution in [2.75, 3.05) is 0 Å². The number of fused-ring (bicyclic) bond motifs is 1. The molecule has 0 aliphatic rings. The van der Waals surface area contributed by atoms with Crippen LogP contribution in [0, 0.1) is 5.82 Å². The van der Waals surface area contributed by atoms with Crippen molar-refractivity contribution in [3.05, 3.63) is 72.1 Å². The van der Waals surface area contributed by atoms with Crippen LogP contribution in [0.4, 0.5) is 4.39 Å². The third-order valence-electron chi connectivity index (χ3n) is 3.81. The van der Waals surface area contributed by atoms with Gasteiger partial charge in [0.25, 0.3) is 5.91 Å². The molecule has 7 nitrogen and oxygen atoms in total. The smallest absolute Gasteiger partial charge is 0.255 e. The van der Waals surface area contributed by atoms with Crippen molar-refractivity contribution in [1.82, 2.24) is 30.1 Å². The Balaban J connectivity index is 1.54. The maximum atomic E-state index is 13.1. The Morgan fingerprint density at radius 2 is 2.00 bits per heavy atom. The SMILES string of the molecule is O=C(NCc1nnc2ccccn12)c1cn[nH]c1-c1ccc(F)cc1. The second-order valence-electron chi connectivity index (χ2n) is 5.39. The zero-order valence-electron chi connectivity index (χ0n) is 13.0. The Bertz CT molecular complexity index is 1040. The highest BCUT2D eigenvalue weighted by molar-refractivity contribution is 5.99. The number of hydrogen-bond donors (Lipinski definition) is 2. The monoisotopic (exact) mass is 336 g/mol. The van der Waals surface area contributed by atoms with E-state index in [9.17, 15) is 9.18 Å². The van der Waals surface area contributed by atoms with Crippen LogP contribution >= 0.6 is 0 Å². The number of carbonyl (C=O) groups excluding carboxylic acids is 1. The van der Waals surface area contributed by atoms with E-state index in [1.54, 1.807) is 16.5 Å². The lowest BCUT2D eigenvalue weighted by Crippen LogP contribution is -2.24. The van der Waals surface area contributed by atoms with Gasteiger partial charge in [0.1, 0.15) is 5.82 Å². The highest BCUT2D eigenvalue weighted by Crippen LogP contribution is 2.21. The summed E-state index contributed by atoms with van der Waals surface area (Å²) in [4.78, 5) is 12.5. The minimum Gasteiger partial charge on any atom is -0.345 e. The predicted molar refractivity (Wildman–Crippen MR) is 88.1 cm³/mol. The Morgan fingerprint density at radius 1 is 1.16 bits per heavy atom. The van der Waals surface area contributed by atoms with Crippen LogP contribution in [0.5, 0.6) is 0 Å². The van der Waals surface area contributed by atoms with Crippen molar-refractivity contribution in [1.29, 1.82) is 0 Å². The standard InChI is InChI=1S/C17H13FN6O/c18-12-6-4-11(5-7-12)16-13(9-20-23-16)17(25)19-10-15-22-21-14-3-1-2-8-24(14)15/h1-9H,10H2,(H,19,25)(H,20,23). The second kappa shape index (κ2) is 6.16. The number of benzene rings is 1. The highest BCUT2D eigenvalue weighted by atomic mass is 19.1. The number of H-pyrrole nitrogens is 1. The molecule has 2 N–H and O–H groups in total. The van der Waals surface area contributed by atoms with Crippen LogP contribution in [0.3, 0.4) is 0 Å². The maximum Gasteiger partial charge on any atom is 0.255 e. The molecule has 4 aromatic rings. The first-order valence-corrected chi connectivity index (χ1v) is 7.58. The zero-order valence-corrected chi connectivity index (χ0v) is 13.0. The normalized spacial score (nSPS) is 10.9. The van der Waals surface area contributed by atoms with Gasteiger partial charge in [0.15, 0.2) is 11.5 Å². The molecule has 0 saturated carbocycles. The molecule has 0 atom stereocenters.